The number of hydrogen-bond donors (Lipinski definition) is 1. The lowest BCUT2D eigenvalue weighted by Crippen LogP contribution is -2.10. The van der Waals surface area contributed by atoms with Crippen molar-refractivity contribution < 1.29 is 14.6 Å². The summed E-state index contributed by atoms with van der Waals surface area (Å²) in [4.78, 5) is 11.0. The summed E-state index contributed by atoms with van der Waals surface area (Å²) in [6.07, 6.45) is 7.74. The fourth-order valence-corrected chi connectivity index (χ4v) is 2.56. The van der Waals surface area contributed by atoms with E-state index in [9.17, 15) is 4.79 Å². The Kier molecular flexibility index (Phi) is 6.11. The standard InChI is InChI=1S/C17H22O3/c1-5-9-20-17-14(7-3)12(6-2)10-13(11-16(18)19)15(17)8-4/h1,10H,6-9,11H2,2-4H3,(H,18,19). The van der Waals surface area contributed by atoms with Gasteiger partial charge in [0.2, 0.25) is 0 Å². The maximum atomic E-state index is 11.0. The van der Waals surface area contributed by atoms with E-state index in [1.54, 1.807) is 0 Å². The van der Waals surface area contributed by atoms with Crippen molar-refractivity contribution in [2.75, 3.05) is 6.61 Å². The monoisotopic (exact) mass is 274 g/mol. The Morgan fingerprint density at radius 1 is 1.20 bits per heavy atom. The van der Waals surface area contributed by atoms with Crippen LogP contribution in [0.2, 0.25) is 0 Å². The van der Waals surface area contributed by atoms with Crippen LogP contribution in [0.15, 0.2) is 6.07 Å². The van der Waals surface area contributed by atoms with Crippen LogP contribution in [0.25, 0.3) is 0 Å². The fraction of sp³-hybridized carbons (Fsp3) is 0.471. The van der Waals surface area contributed by atoms with Crippen LogP contribution >= 0.6 is 0 Å². The van der Waals surface area contributed by atoms with Crippen LogP contribution in [0.1, 0.15) is 43.0 Å². The van der Waals surface area contributed by atoms with Gasteiger partial charge in [-0.15, -0.1) is 6.42 Å². The number of carboxylic acid groups (broad SMARTS) is 1. The first-order valence-corrected chi connectivity index (χ1v) is 7.03. The Bertz CT molecular complexity index is 524. The minimum Gasteiger partial charge on any atom is -0.481 e. The quantitative estimate of drug-likeness (QED) is 0.777. The van der Waals surface area contributed by atoms with Gasteiger partial charge in [0.25, 0.3) is 0 Å². The maximum Gasteiger partial charge on any atom is 0.307 e. The third-order valence-corrected chi connectivity index (χ3v) is 3.40. The van der Waals surface area contributed by atoms with Gasteiger partial charge in [0, 0.05) is 0 Å². The van der Waals surface area contributed by atoms with E-state index in [-0.39, 0.29) is 13.0 Å². The SMILES string of the molecule is C#CCOc1c(CC)c(CC)cc(CC(=O)O)c1CC. The molecule has 0 heterocycles. The Balaban J connectivity index is 3.46. The highest BCUT2D eigenvalue weighted by Gasteiger charge is 2.18. The smallest absolute Gasteiger partial charge is 0.307 e. The second-order valence-corrected chi connectivity index (χ2v) is 4.61. The largest absolute Gasteiger partial charge is 0.481 e. The van der Waals surface area contributed by atoms with Crippen LogP contribution in [0.5, 0.6) is 5.75 Å². The van der Waals surface area contributed by atoms with Crippen molar-refractivity contribution in [3.63, 3.8) is 0 Å². The number of carbonyl (C=O) groups is 1. The summed E-state index contributed by atoms with van der Waals surface area (Å²) in [5, 5.41) is 9.07. The highest BCUT2D eigenvalue weighted by atomic mass is 16.5. The van der Waals surface area contributed by atoms with Gasteiger partial charge in [-0.2, -0.15) is 0 Å². The average Bonchev–Trinajstić information content (AvgIpc) is 2.43. The van der Waals surface area contributed by atoms with Crippen molar-refractivity contribution in [2.24, 2.45) is 0 Å². The Morgan fingerprint density at radius 2 is 1.80 bits per heavy atom. The van der Waals surface area contributed by atoms with Crippen LogP contribution < -0.4 is 4.74 Å². The van der Waals surface area contributed by atoms with Crippen LogP contribution in [0.4, 0.5) is 0 Å². The number of carboxylic acids is 1. The number of terminal acetylenes is 1. The lowest BCUT2D eigenvalue weighted by Gasteiger charge is -2.20. The third kappa shape index (κ3) is 3.54. The molecule has 0 aliphatic carbocycles. The summed E-state index contributed by atoms with van der Waals surface area (Å²) < 4.78 is 5.73. The molecule has 0 saturated heterocycles. The maximum absolute atomic E-state index is 11.0. The molecule has 1 rings (SSSR count). The van der Waals surface area contributed by atoms with Crippen molar-refractivity contribution in [3.05, 3.63) is 28.3 Å². The fourth-order valence-electron chi connectivity index (χ4n) is 2.56. The highest BCUT2D eigenvalue weighted by Crippen LogP contribution is 2.32. The summed E-state index contributed by atoms with van der Waals surface area (Å²) in [7, 11) is 0. The van der Waals surface area contributed by atoms with E-state index in [0.717, 1.165) is 47.3 Å². The molecule has 0 atom stereocenters. The molecule has 0 unspecified atom stereocenters. The van der Waals surface area contributed by atoms with Gasteiger partial charge in [-0.3, -0.25) is 4.79 Å². The lowest BCUT2D eigenvalue weighted by atomic mass is 9.91. The predicted octanol–water partition coefficient (Wildman–Crippen LogP) is 3.01. The Morgan fingerprint density at radius 3 is 2.25 bits per heavy atom. The molecule has 20 heavy (non-hydrogen) atoms. The van der Waals surface area contributed by atoms with Crippen molar-refractivity contribution in [3.8, 4) is 18.1 Å². The van der Waals surface area contributed by atoms with Crippen LogP contribution in [0.3, 0.4) is 0 Å². The summed E-state index contributed by atoms with van der Waals surface area (Å²) >= 11 is 0. The molecule has 1 aromatic rings. The molecule has 3 nitrogen and oxygen atoms in total. The van der Waals surface area contributed by atoms with Gasteiger partial charge < -0.3 is 9.84 Å². The minimum atomic E-state index is -0.825. The first-order chi connectivity index (χ1) is 9.58. The van der Waals surface area contributed by atoms with Gasteiger partial charge in [0.1, 0.15) is 12.4 Å². The zero-order valence-electron chi connectivity index (χ0n) is 12.5. The number of aryl methyl sites for hydroxylation is 1. The molecule has 0 radical (unpaired) electrons. The summed E-state index contributed by atoms with van der Waals surface area (Å²) in [6.45, 7) is 6.36. The molecule has 0 aliphatic heterocycles. The van der Waals surface area contributed by atoms with Gasteiger partial charge in [0.05, 0.1) is 6.42 Å². The van der Waals surface area contributed by atoms with E-state index in [4.69, 9.17) is 16.3 Å². The molecule has 0 amide bonds. The number of hydrogen-bond acceptors (Lipinski definition) is 2. The predicted molar refractivity (Wildman–Crippen MR) is 80.2 cm³/mol. The number of aliphatic carboxylic acids is 1. The molecule has 108 valence electrons. The van der Waals surface area contributed by atoms with Crippen LogP contribution in [-0.2, 0) is 30.5 Å². The van der Waals surface area contributed by atoms with Gasteiger partial charge in [0.15, 0.2) is 0 Å². The van der Waals surface area contributed by atoms with E-state index in [1.165, 1.54) is 0 Å². The van der Waals surface area contributed by atoms with Crippen molar-refractivity contribution in [1.29, 1.82) is 0 Å². The molecule has 1 N–H and O–H groups in total. The first-order valence-electron chi connectivity index (χ1n) is 7.03. The molecule has 0 bridgehead atoms. The van der Waals surface area contributed by atoms with Crippen molar-refractivity contribution in [1.82, 2.24) is 0 Å². The first kappa shape index (κ1) is 16.1. The number of rotatable bonds is 7. The summed E-state index contributed by atoms with van der Waals surface area (Å²) in [5.41, 5.74) is 4.10. The van der Waals surface area contributed by atoms with Crippen LogP contribution in [-0.4, -0.2) is 17.7 Å². The van der Waals surface area contributed by atoms with E-state index in [1.807, 2.05) is 13.0 Å². The van der Waals surface area contributed by atoms with Gasteiger partial charge in [-0.05, 0) is 41.5 Å². The average molecular weight is 274 g/mol. The normalized spacial score (nSPS) is 10.1. The van der Waals surface area contributed by atoms with Gasteiger partial charge in [-0.1, -0.05) is 32.8 Å². The van der Waals surface area contributed by atoms with Gasteiger partial charge >= 0.3 is 5.97 Å². The third-order valence-electron chi connectivity index (χ3n) is 3.40. The van der Waals surface area contributed by atoms with E-state index >= 15 is 0 Å². The van der Waals surface area contributed by atoms with Crippen molar-refractivity contribution >= 4 is 5.97 Å². The molecular weight excluding hydrogens is 252 g/mol. The molecule has 0 spiro atoms. The van der Waals surface area contributed by atoms with Gasteiger partial charge in [-0.25, -0.2) is 0 Å². The summed E-state index contributed by atoms with van der Waals surface area (Å²) in [5.74, 6) is 2.45. The highest BCUT2D eigenvalue weighted by molar-refractivity contribution is 5.72. The Hall–Kier alpha value is -1.95. The molecule has 0 fully saturated rings. The molecule has 0 aliphatic rings. The second-order valence-electron chi connectivity index (χ2n) is 4.61. The molecule has 1 aromatic carbocycles. The molecule has 0 saturated carbocycles. The molecule has 0 aromatic heterocycles. The van der Waals surface area contributed by atoms with E-state index in [0.29, 0.717) is 0 Å². The minimum absolute atomic E-state index is 0.0204. The topological polar surface area (TPSA) is 46.5 Å². The Labute approximate surface area is 121 Å². The van der Waals surface area contributed by atoms with Crippen molar-refractivity contribution in [2.45, 2.75) is 46.5 Å². The lowest BCUT2D eigenvalue weighted by molar-refractivity contribution is -0.136. The second kappa shape index (κ2) is 7.59. The molecular formula is C17H22O3. The van der Waals surface area contributed by atoms with E-state index in [2.05, 4.69) is 19.8 Å². The molecule has 3 heteroatoms. The number of ether oxygens (including phenoxy) is 1. The number of benzene rings is 1. The summed E-state index contributed by atoms with van der Waals surface area (Å²) in [6, 6.07) is 2.01. The van der Waals surface area contributed by atoms with Crippen LogP contribution in [0, 0.1) is 12.3 Å². The zero-order valence-corrected chi connectivity index (χ0v) is 12.5. The van der Waals surface area contributed by atoms with E-state index < -0.39 is 5.97 Å². The zero-order chi connectivity index (χ0) is 15.1.